The summed E-state index contributed by atoms with van der Waals surface area (Å²) < 4.78 is 44.6. The van der Waals surface area contributed by atoms with Gasteiger partial charge in [0.05, 0.1) is 13.2 Å². The highest BCUT2D eigenvalue weighted by molar-refractivity contribution is 7.92. The molecule has 2 heterocycles. The predicted molar refractivity (Wildman–Crippen MR) is 125 cm³/mol. The number of halogens is 1. The van der Waals surface area contributed by atoms with E-state index in [-0.39, 0.29) is 23.3 Å². The van der Waals surface area contributed by atoms with Gasteiger partial charge < -0.3 is 15.0 Å². The summed E-state index contributed by atoms with van der Waals surface area (Å²) in [7, 11) is -4.21. The number of benzene rings is 1. The van der Waals surface area contributed by atoms with Crippen molar-refractivity contribution in [3.8, 4) is 11.1 Å². The number of carbonyl (C=O) groups is 1. The molecule has 8 nitrogen and oxygen atoms in total. The molecule has 0 aliphatic carbocycles. The van der Waals surface area contributed by atoms with Crippen LogP contribution in [0.5, 0.6) is 0 Å². The molecule has 0 atom stereocenters. The van der Waals surface area contributed by atoms with Crippen molar-refractivity contribution in [1.29, 1.82) is 0 Å². The Bertz CT molecular complexity index is 1240. The number of nitrogens with zero attached hydrogens (tertiary/aromatic N) is 2. The highest BCUT2D eigenvalue weighted by Gasteiger charge is 2.26. The van der Waals surface area contributed by atoms with Crippen molar-refractivity contribution in [1.82, 2.24) is 19.6 Å². The van der Waals surface area contributed by atoms with Crippen LogP contribution in [0.3, 0.4) is 0 Å². The Morgan fingerprint density at radius 1 is 1.30 bits per heavy atom. The molecule has 3 N–H and O–H groups in total. The van der Waals surface area contributed by atoms with Gasteiger partial charge in [-0.2, -0.15) is 0 Å². The van der Waals surface area contributed by atoms with Crippen LogP contribution in [0.2, 0.25) is 0 Å². The summed E-state index contributed by atoms with van der Waals surface area (Å²) in [4.78, 5) is 16.9. The number of sulfonamides is 1. The first-order valence-electron chi connectivity index (χ1n) is 10.4. The topological polar surface area (TPSA) is 113 Å². The van der Waals surface area contributed by atoms with E-state index in [9.17, 15) is 17.6 Å². The maximum atomic E-state index is 15.0. The third kappa shape index (κ3) is 6.18. The van der Waals surface area contributed by atoms with Gasteiger partial charge in [0.2, 0.25) is 0 Å². The Morgan fingerprint density at radius 2 is 2.06 bits per heavy atom. The van der Waals surface area contributed by atoms with Crippen molar-refractivity contribution in [2.45, 2.75) is 37.9 Å². The number of thiophene rings is 1. The number of hydrogen-bond donors (Lipinski definition) is 3. The predicted octanol–water partition coefficient (Wildman–Crippen LogP) is 3.29. The molecular weight excluding hydrogens is 467 g/mol. The van der Waals surface area contributed by atoms with E-state index in [1.165, 1.54) is 6.07 Å². The fraction of sp³-hybridized carbons (Fsp3) is 0.364. The molecule has 2 aromatic heterocycles. The number of amides is 2. The third-order valence-electron chi connectivity index (χ3n) is 4.86. The van der Waals surface area contributed by atoms with Crippen LogP contribution in [0.4, 0.5) is 9.18 Å². The van der Waals surface area contributed by atoms with Gasteiger partial charge >= 0.3 is 6.03 Å². The number of aliphatic hydroxyl groups is 1. The number of carbonyl (C=O) groups excluding carboxylic acids is 1. The molecule has 0 bridgehead atoms. The fourth-order valence-electron chi connectivity index (χ4n) is 3.30. The van der Waals surface area contributed by atoms with Crippen molar-refractivity contribution in [3.63, 3.8) is 0 Å². The largest absolute Gasteiger partial charge is 0.395 e. The molecule has 3 rings (SSSR count). The van der Waals surface area contributed by atoms with Gasteiger partial charge in [0, 0.05) is 34.9 Å². The van der Waals surface area contributed by atoms with Crippen LogP contribution < -0.4 is 10.0 Å². The van der Waals surface area contributed by atoms with E-state index >= 15 is 0 Å². The Kier molecular flexibility index (Phi) is 7.88. The third-order valence-corrected chi connectivity index (χ3v) is 7.88. The minimum atomic E-state index is -4.21. The van der Waals surface area contributed by atoms with Gasteiger partial charge in [0.1, 0.15) is 15.9 Å². The molecule has 178 valence electrons. The van der Waals surface area contributed by atoms with Gasteiger partial charge in [-0.3, -0.25) is 0 Å². The highest BCUT2D eigenvalue weighted by Crippen LogP contribution is 2.37. The maximum Gasteiger partial charge on any atom is 0.328 e. The average Bonchev–Trinajstić information content (AvgIpc) is 3.34. The summed E-state index contributed by atoms with van der Waals surface area (Å²) >= 11 is 1.06. The van der Waals surface area contributed by atoms with Gasteiger partial charge in [-0.05, 0) is 37.0 Å². The van der Waals surface area contributed by atoms with Gasteiger partial charge in [0.25, 0.3) is 10.0 Å². The summed E-state index contributed by atoms with van der Waals surface area (Å²) in [6, 6.07) is 5.41. The van der Waals surface area contributed by atoms with Crippen LogP contribution in [-0.2, 0) is 23.0 Å². The first kappa shape index (κ1) is 24.9. The smallest absolute Gasteiger partial charge is 0.328 e. The molecule has 0 spiro atoms. The van der Waals surface area contributed by atoms with Crippen molar-refractivity contribution < 1.29 is 22.7 Å². The minimum Gasteiger partial charge on any atom is -0.395 e. The zero-order valence-electron chi connectivity index (χ0n) is 18.6. The number of aromatic nitrogens is 2. The van der Waals surface area contributed by atoms with E-state index in [2.05, 4.69) is 10.3 Å². The minimum absolute atomic E-state index is 0.0603. The summed E-state index contributed by atoms with van der Waals surface area (Å²) in [5.74, 6) is 0.577. The molecular formula is C22H27FN4O4S2. The van der Waals surface area contributed by atoms with Gasteiger partial charge in [0.15, 0.2) is 0 Å². The van der Waals surface area contributed by atoms with Crippen LogP contribution in [0.1, 0.15) is 30.1 Å². The second-order valence-corrected chi connectivity index (χ2v) is 11.0. The standard InChI is InChI=1S/C22H27FN4O4S2/c1-14(2)10-18-12-19(21(32-18)33(30,31)26-22(29)25-7-9-28)16-4-5-17(20(23)11-16)13-27-8-6-24-15(27)3/h4-6,8,11-12,14,28H,7,9-10,13H2,1-3H3,(H2,25,26,29). The molecule has 2 amide bonds. The van der Waals surface area contributed by atoms with Crippen LogP contribution in [0.15, 0.2) is 40.9 Å². The first-order valence-corrected chi connectivity index (χ1v) is 12.7. The maximum absolute atomic E-state index is 15.0. The second-order valence-electron chi connectivity index (χ2n) is 8.01. The van der Waals surface area contributed by atoms with Crippen molar-refractivity contribution in [3.05, 3.63) is 58.7 Å². The van der Waals surface area contributed by atoms with Crippen LogP contribution >= 0.6 is 11.3 Å². The van der Waals surface area contributed by atoms with E-state index in [0.29, 0.717) is 29.7 Å². The molecule has 11 heteroatoms. The van der Waals surface area contributed by atoms with Gasteiger partial charge in [-0.15, -0.1) is 11.3 Å². The lowest BCUT2D eigenvalue weighted by molar-refractivity contribution is 0.239. The summed E-state index contributed by atoms with van der Waals surface area (Å²) in [6.07, 6.45) is 4.05. The lowest BCUT2D eigenvalue weighted by Crippen LogP contribution is -2.40. The SMILES string of the molecule is Cc1nccn1Cc1ccc(-c2cc(CC(C)C)sc2S(=O)(=O)NC(=O)NCCO)cc1F. The number of rotatable bonds is 9. The molecule has 3 aromatic rings. The summed E-state index contributed by atoms with van der Waals surface area (Å²) in [6.45, 7) is 5.76. The quantitative estimate of drug-likeness (QED) is 0.423. The fourth-order valence-corrected chi connectivity index (χ4v) is 6.18. The monoisotopic (exact) mass is 494 g/mol. The van der Waals surface area contributed by atoms with Gasteiger partial charge in [-0.25, -0.2) is 27.3 Å². The Morgan fingerprint density at radius 3 is 2.67 bits per heavy atom. The Hall–Kier alpha value is -2.76. The van der Waals surface area contributed by atoms with Crippen molar-refractivity contribution in [2.75, 3.05) is 13.2 Å². The zero-order valence-corrected chi connectivity index (χ0v) is 20.3. The second kappa shape index (κ2) is 10.4. The number of aliphatic hydroxyl groups excluding tert-OH is 1. The average molecular weight is 495 g/mol. The van der Waals surface area contributed by atoms with Crippen LogP contribution in [0.25, 0.3) is 11.1 Å². The molecule has 0 saturated carbocycles. The van der Waals surface area contributed by atoms with E-state index < -0.39 is 21.9 Å². The van der Waals surface area contributed by atoms with E-state index in [4.69, 9.17) is 5.11 Å². The normalized spacial score (nSPS) is 11.7. The molecule has 1 aromatic carbocycles. The molecule has 0 aliphatic heterocycles. The van der Waals surface area contributed by atoms with E-state index in [1.54, 1.807) is 30.6 Å². The zero-order chi connectivity index (χ0) is 24.2. The number of imidazole rings is 1. The van der Waals surface area contributed by atoms with Crippen LogP contribution in [-0.4, -0.2) is 42.3 Å². The number of urea groups is 1. The van der Waals surface area contributed by atoms with Gasteiger partial charge in [-0.1, -0.05) is 26.0 Å². The number of aryl methyl sites for hydroxylation is 1. The first-order chi connectivity index (χ1) is 15.6. The highest BCUT2D eigenvalue weighted by atomic mass is 32.2. The molecule has 0 unspecified atom stereocenters. The molecule has 0 saturated heterocycles. The Balaban J connectivity index is 1.97. The molecule has 0 fully saturated rings. The van der Waals surface area contributed by atoms with Crippen molar-refractivity contribution in [2.24, 2.45) is 5.92 Å². The van der Waals surface area contributed by atoms with Crippen LogP contribution in [0, 0.1) is 18.7 Å². The lowest BCUT2D eigenvalue weighted by Gasteiger charge is -2.10. The van der Waals surface area contributed by atoms with Crippen molar-refractivity contribution >= 4 is 27.4 Å². The summed E-state index contributed by atoms with van der Waals surface area (Å²) in [5, 5.41) is 11.1. The molecule has 0 aliphatic rings. The molecule has 0 radical (unpaired) electrons. The molecule has 33 heavy (non-hydrogen) atoms. The van der Waals surface area contributed by atoms with E-state index in [0.717, 1.165) is 22.0 Å². The number of hydrogen-bond acceptors (Lipinski definition) is 6. The van der Waals surface area contributed by atoms with E-state index in [1.807, 2.05) is 30.1 Å². The summed E-state index contributed by atoms with van der Waals surface area (Å²) in [5.41, 5.74) is 1.19. The number of nitrogens with one attached hydrogen (secondary N) is 2. The Labute approximate surface area is 196 Å². The lowest BCUT2D eigenvalue weighted by atomic mass is 10.0.